The van der Waals surface area contributed by atoms with Crippen molar-refractivity contribution >= 4 is 0 Å². The van der Waals surface area contributed by atoms with Crippen LogP contribution in [0.3, 0.4) is 0 Å². The summed E-state index contributed by atoms with van der Waals surface area (Å²) in [6, 6.07) is 12.5. The number of hydrogen-bond donors (Lipinski definition) is 1. The van der Waals surface area contributed by atoms with Gasteiger partial charge in [-0.25, -0.2) is 0 Å². The van der Waals surface area contributed by atoms with Gasteiger partial charge in [0.2, 0.25) is 0 Å². The molecule has 20 heavy (non-hydrogen) atoms. The minimum Gasteiger partial charge on any atom is -0.508 e. The second kappa shape index (κ2) is 5.51. The third-order valence-corrected chi connectivity index (χ3v) is 3.59. The van der Waals surface area contributed by atoms with Crippen LogP contribution in [0.2, 0.25) is 0 Å². The number of pyridine rings is 1. The summed E-state index contributed by atoms with van der Waals surface area (Å²) < 4.78 is 7.30. The van der Waals surface area contributed by atoms with E-state index < -0.39 is 0 Å². The molecule has 2 heterocycles. The molecule has 104 valence electrons. The average molecular weight is 271 g/mol. The highest BCUT2D eigenvalue weighted by Gasteiger charge is 2.18. The van der Waals surface area contributed by atoms with E-state index >= 15 is 0 Å². The van der Waals surface area contributed by atoms with Crippen molar-refractivity contribution in [2.24, 2.45) is 0 Å². The van der Waals surface area contributed by atoms with Crippen molar-refractivity contribution in [2.75, 3.05) is 6.61 Å². The van der Waals surface area contributed by atoms with E-state index in [4.69, 9.17) is 4.74 Å². The number of aromatic hydroxyl groups is 1. The van der Waals surface area contributed by atoms with Crippen LogP contribution >= 0.6 is 0 Å². The minimum atomic E-state index is -0.195. The predicted octanol–water partition coefficient (Wildman–Crippen LogP) is 2.40. The van der Waals surface area contributed by atoms with Gasteiger partial charge in [-0.3, -0.25) is 4.79 Å². The first-order chi connectivity index (χ1) is 9.74. The molecule has 0 radical (unpaired) electrons. The summed E-state index contributed by atoms with van der Waals surface area (Å²) in [5.74, 6) is -0.00237. The van der Waals surface area contributed by atoms with Gasteiger partial charge in [-0.2, -0.15) is 0 Å². The zero-order valence-corrected chi connectivity index (χ0v) is 11.2. The summed E-state index contributed by atoms with van der Waals surface area (Å²) >= 11 is 0. The molecule has 4 nitrogen and oxygen atoms in total. The van der Waals surface area contributed by atoms with Crippen molar-refractivity contribution < 1.29 is 9.84 Å². The van der Waals surface area contributed by atoms with Crippen LogP contribution in [0, 0.1) is 0 Å². The van der Waals surface area contributed by atoms with Crippen LogP contribution in [0.15, 0.2) is 47.3 Å². The normalized spacial score (nSPS) is 18.3. The Kier molecular flexibility index (Phi) is 3.56. The topological polar surface area (TPSA) is 51.5 Å². The van der Waals surface area contributed by atoms with Gasteiger partial charge in [0, 0.05) is 18.7 Å². The van der Waals surface area contributed by atoms with Gasteiger partial charge in [-0.15, -0.1) is 0 Å². The van der Waals surface area contributed by atoms with Crippen LogP contribution in [-0.4, -0.2) is 22.4 Å². The lowest BCUT2D eigenvalue weighted by Gasteiger charge is -2.17. The third-order valence-electron chi connectivity index (χ3n) is 3.59. The largest absolute Gasteiger partial charge is 0.508 e. The zero-order chi connectivity index (χ0) is 13.9. The maximum Gasteiger partial charge on any atom is 0.254 e. The first-order valence-corrected chi connectivity index (χ1v) is 6.85. The standard InChI is InChI=1S/C16H17NO3/c18-13-9-15(12-5-2-1-3-6-12)17(16(19)10-13)11-14-7-4-8-20-14/h1-3,5-6,9-10,14,18H,4,7-8,11H2. The molecule has 1 unspecified atom stereocenters. The van der Waals surface area contributed by atoms with Crippen molar-refractivity contribution in [3.05, 3.63) is 52.8 Å². The lowest BCUT2D eigenvalue weighted by molar-refractivity contribution is 0.0965. The van der Waals surface area contributed by atoms with Gasteiger partial charge in [0.25, 0.3) is 5.56 Å². The molecule has 1 atom stereocenters. The van der Waals surface area contributed by atoms with Crippen molar-refractivity contribution in [1.82, 2.24) is 4.57 Å². The molecule has 4 heteroatoms. The summed E-state index contributed by atoms with van der Waals surface area (Å²) in [6.45, 7) is 1.29. The Balaban J connectivity index is 2.05. The molecule has 1 fully saturated rings. The molecule has 2 aromatic rings. The molecule has 1 aromatic heterocycles. The van der Waals surface area contributed by atoms with E-state index in [1.807, 2.05) is 30.3 Å². The van der Waals surface area contributed by atoms with Crippen LogP contribution < -0.4 is 5.56 Å². The molecule has 3 rings (SSSR count). The zero-order valence-electron chi connectivity index (χ0n) is 11.2. The molecule has 0 amide bonds. The Labute approximate surface area is 117 Å². The monoisotopic (exact) mass is 271 g/mol. The number of benzene rings is 1. The van der Waals surface area contributed by atoms with Crippen molar-refractivity contribution in [3.8, 4) is 17.0 Å². The average Bonchev–Trinajstić information content (AvgIpc) is 2.95. The highest BCUT2D eigenvalue weighted by atomic mass is 16.5. The summed E-state index contributed by atoms with van der Waals surface area (Å²) in [7, 11) is 0. The molecule has 1 aliphatic rings. The van der Waals surface area contributed by atoms with E-state index in [-0.39, 0.29) is 17.4 Å². The second-order valence-corrected chi connectivity index (χ2v) is 5.05. The van der Waals surface area contributed by atoms with Crippen molar-refractivity contribution in [2.45, 2.75) is 25.5 Å². The van der Waals surface area contributed by atoms with Gasteiger partial charge in [-0.1, -0.05) is 30.3 Å². The Morgan fingerprint density at radius 3 is 2.75 bits per heavy atom. The fourth-order valence-corrected chi connectivity index (χ4v) is 2.61. The second-order valence-electron chi connectivity index (χ2n) is 5.05. The minimum absolute atomic E-state index is 0.00237. The predicted molar refractivity (Wildman–Crippen MR) is 76.8 cm³/mol. The first-order valence-electron chi connectivity index (χ1n) is 6.85. The van der Waals surface area contributed by atoms with Gasteiger partial charge in [0.05, 0.1) is 18.3 Å². The molecule has 0 saturated carbocycles. The summed E-state index contributed by atoms with van der Waals surface area (Å²) in [6.07, 6.45) is 2.10. The maximum absolute atomic E-state index is 12.2. The number of hydrogen-bond acceptors (Lipinski definition) is 3. The smallest absolute Gasteiger partial charge is 0.254 e. The molecule has 1 N–H and O–H groups in total. The van der Waals surface area contributed by atoms with Gasteiger partial charge in [0.15, 0.2) is 0 Å². The number of ether oxygens (including phenoxy) is 1. The van der Waals surface area contributed by atoms with Crippen LogP contribution in [0.1, 0.15) is 12.8 Å². The molecule has 0 aliphatic carbocycles. The molecule has 1 aliphatic heterocycles. The SMILES string of the molecule is O=c1cc(O)cc(-c2ccccc2)n1CC1CCCO1. The van der Waals surface area contributed by atoms with E-state index in [0.29, 0.717) is 6.54 Å². The molecule has 1 aromatic carbocycles. The number of rotatable bonds is 3. The molecule has 0 spiro atoms. The molecular weight excluding hydrogens is 254 g/mol. The summed E-state index contributed by atoms with van der Waals surface area (Å²) in [5.41, 5.74) is 1.45. The van der Waals surface area contributed by atoms with Crippen molar-refractivity contribution in [3.63, 3.8) is 0 Å². The van der Waals surface area contributed by atoms with Crippen LogP contribution in [0.25, 0.3) is 11.3 Å². The molecular formula is C16H17NO3. The van der Waals surface area contributed by atoms with Crippen LogP contribution in [0.4, 0.5) is 0 Å². The van der Waals surface area contributed by atoms with E-state index in [1.165, 1.54) is 6.07 Å². The Morgan fingerprint density at radius 1 is 1.25 bits per heavy atom. The highest BCUT2D eigenvalue weighted by molar-refractivity contribution is 5.61. The Bertz CT molecular complexity index is 643. The van der Waals surface area contributed by atoms with E-state index in [2.05, 4.69) is 0 Å². The van der Waals surface area contributed by atoms with Gasteiger partial charge in [-0.05, 0) is 18.4 Å². The fraction of sp³-hybridized carbons (Fsp3) is 0.312. The van der Waals surface area contributed by atoms with Gasteiger partial charge >= 0.3 is 0 Å². The van der Waals surface area contributed by atoms with E-state index in [9.17, 15) is 9.90 Å². The van der Waals surface area contributed by atoms with Crippen molar-refractivity contribution in [1.29, 1.82) is 0 Å². The first kappa shape index (κ1) is 12.9. The Hall–Kier alpha value is -2.07. The van der Waals surface area contributed by atoms with E-state index in [1.54, 1.807) is 10.6 Å². The molecule has 0 bridgehead atoms. The molecule has 1 saturated heterocycles. The highest BCUT2D eigenvalue weighted by Crippen LogP contribution is 2.23. The lowest BCUT2D eigenvalue weighted by atomic mass is 10.1. The van der Waals surface area contributed by atoms with Gasteiger partial charge < -0.3 is 14.4 Å². The number of aromatic nitrogens is 1. The quantitative estimate of drug-likeness (QED) is 0.932. The van der Waals surface area contributed by atoms with E-state index in [0.717, 1.165) is 30.7 Å². The summed E-state index contributed by atoms with van der Waals surface area (Å²) in [4.78, 5) is 12.2. The lowest BCUT2D eigenvalue weighted by Crippen LogP contribution is -2.27. The van der Waals surface area contributed by atoms with Crippen LogP contribution in [-0.2, 0) is 11.3 Å². The van der Waals surface area contributed by atoms with Crippen LogP contribution in [0.5, 0.6) is 5.75 Å². The third kappa shape index (κ3) is 2.60. The maximum atomic E-state index is 12.2. The number of nitrogens with zero attached hydrogens (tertiary/aromatic N) is 1. The Morgan fingerprint density at radius 2 is 2.05 bits per heavy atom. The fourth-order valence-electron chi connectivity index (χ4n) is 2.61. The van der Waals surface area contributed by atoms with Gasteiger partial charge in [0.1, 0.15) is 5.75 Å². The summed E-state index contributed by atoms with van der Waals surface area (Å²) in [5, 5.41) is 9.70.